The van der Waals surface area contributed by atoms with Crippen molar-refractivity contribution in [1.82, 2.24) is 0 Å². The Labute approximate surface area is 91.7 Å². The molecular formula is C12H9NO3. The molecule has 4 nitrogen and oxygen atoms in total. The molecule has 1 atom stereocenters. The molecule has 0 aliphatic rings. The molecule has 1 aromatic carbocycles. The molecule has 80 valence electrons. The van der Waals surface area contributed by atoms with Crippen molar-refractivity contribution in [2.24, 2.45) is 0 Å². The number of nitrogens with zero attached hydrogens (tertiary/aromatic N) is 1. The van der Waals surface area contributed by atoms with Gasteiger partial charge in [-0.25, -0.2) is 0 Å². The zero-order valence-corrected chi connectivity index (χ0v) is 8.60. The summed E-state index contributed by atoms with van der Waals surface area (Å²) in [5.41, 5.74) is 1.46. The van der Waals surface area contributed by atoms with Gasteiger partial charge in [-0.15, -0.1) is 0 Å². The first-order valence-electron chi connectivity index (χ1n) is 4.77. The molecule has 0 aliphatic heterocycles. The summed E-state index contributed by atoms with van der Waals surface area (Å²) in [7, 11) is 0. The first kappa shape index (κ1) is 10.2. The lowest BCUT2D eigenvalue weighted by atomic mass is 9.95. The monoisotopic (exact) mass is 215 g/mol. The van der Waals surface area contributed by atoms with Gasteiger partial charge in [0.15, 0.2) is 0 Å². The van der Waals surface area contributed by atoms with Gasteiger partial charge in [0.2, 0.25) is 0 Å². The van der Waals surface area contributed by atoms with Crippen molar-refractivity contribution in [3.05, 3.63) is 35.6 Å². The molecule has 1 heterocycles. The van der Waals surface area contributed by atoms with Crippen LogP contribution in [0.2, 0.25) is 0 Å². The standard InChI is InChI=1S/C12H9NO3/c1-7(12(14)15)10-5-11-8(2-3-16-11)4-9(10)6-13/h2-5,7H,1H3,(H,14,15). The summed E-state index contributed by atoms with van der Waals surface area (Å²) in [6, 6.07) is 7.01. The van der Waals surface area contributed by atoms with Gasteiger partial charge < -0.3 is 9.52 Å². The van der Waals surface area contributed by atoms with Gasteiger partial charge in [0, 0.05) is 5.39 Å². The Bertz CT molecular complexity index is 592. The Morgan fingerprint density at radius 1 is 1.56 bits per heavy atom. The van der Waals surface area contributed by atoms with Crippen molar-refractivity contribution in [2.75, 3.05) is 0 Å². The number of hydrogen-bond acceptors (Lipinski definition) is 3. The Morgan fingerprint density at radius 3 is 2.94 bits per heavy atom. The molecule has 1 unspecified atom stereocenters. The minimum atomic E-state index is -0.956. The highest BCUT2D eigenvalue weighted by molar-refractivity contribution is 5.84. The van der Waals surface area contributed by atoms with E-state index < -0.39 is 11.9 Å². The predicted octanol–water partition coefficient (Wildman–Crippen LogP) is 2.49. The fraction of sp³-hybridized carbons (Fsp3) is 0.167. The molecule has 0 saturated heterocycles. The number of benzene rings is 1. The molecular weight excluding hydrogens is 206 g/mol. The highest BCUT2D eigenvalue weighted by Crippen LogP contribution is 2.26. The van der Waals surface area contributed by atoms with Gasteiger partial charge in [0.1, 0.15) is 5.58 Å². The summed E-state index contributed by atoms with van der Waals surface area (Å²) >= 11 is 0. The highest BCUT2D eigenvalue weighted by atomic mass is 16.4. The van der Waals surface area contributed by atoms with Crippen LogP contribution in [0.15, 0.2) is 28.9 Å². The summed E-state index contributed by atoms with van der Waals surface area (Å²) in [6.07, 6.45) is 1.51. The van der Waals surface area contributed by atoms with Crippen molar-refractivity contribution in [3.63, 3.8) is 0 Å². The lowest BCUT2D eigenvalue weighted by Gasteiger charge is -2.08. The maximum atomic E-state index is 10.9. The van der Waals surface area contributed by atoms with Gasteiger partial charge in [0.05, 0.1) is 23.8 Å². The van der Waals surface area contributed by atoms with Crippen LogP contribution in [0, 0.1) is 11.3 Å². The van der Waals surface area contributed by atoms with Crippen LogP contribution in [0.5, 0.6) is 0 Å². The molecule has 0 radical (unpaired) electrons. The van der Waals surface area contributed by atoms with E-state index in [-0.39, 0.29) is 0 Å². The third kappa shape index (κ3) is 1.52. The molecule has 1 N–H and O–H groups in total. The second-order valence-electron chi connectivity index (χ2n) is 3.57. The first-order valence-corrected chi connectivity index (χ1v) is 4.77. The van der Waals surface area contributed by atoms with E-state index in [2.05, 4.69) is 0 Å². The third-order valence-corrected chi connectivity index (χ3v) is 2.58. The zero-order valence-electron chi connectivity index (χ0n) is 8.60. The summed E-state index contributed by atoms with van der Waals surface area (Å²) in [5.74, 6) is -1.67. The van der Waals surface area contributed by atoms with Gasteiger partial charge >= 0.3 is 5.97 Å². The molecule has 0 bridgehead atoms. The van der Waals surface area contributed by atoms with Crippen LogP contribution in [0.25, 0.3) is 11.0 Å². The molecule has 2 aromatic rings. The third-order valence-electron chi connectivity index (χ3n) is 2.58. The minimum Gasteiger partial charge on any atom is -0.481 e. The average molecular weight is 215 g/mol. The number of rotatable bonds is 2. The Kier molecular flexibility index (Phi) is 2.37. The topological polar surface area (TPSA) is 74.2 Å². The van der Waals surface area contributed by atoms with Crippen LogP contribution in [-0.2, 0) is 4.79 Å². The van der Waals surface area contributed by atoms with E-state index >= 15 is 0 Å². The number of hydrogen-bond donors (Lipinski definition) is 1. The van der Waals surface area contributed by atoms with Gasteiger partial charge in [-0.05, 0) is 30.7 Å². The fourth-order valence-electron chi connectivity index (χ4n) is 1.61. The lowest BCUT2D eigenvalue weighted by Crippen LogP contribution is -2.09. The van der Waals surface area contributed by atoms with Crippen molar-refractivity contribution < 1.29 is 14.3 Å². The average Bonchev–Trinajstić information content (AvgIpc) is 2.72. The van der Waals surface area contributed by atoms with E-state index in [1.807, 2.05) is 6.07 Å². The van der Waals surface area contributed by atoms with E-state index in [1.54, 1.807) is 25.1 Å². The number of carboxylic acid groups (broad SMARTS) is 1. The largest absolute Gasteiger partial charge is 0.481 e. The Hall–Kier alpha value is -2.28. The predicted molar refractivity (Wildman–Crippen MR) is 57.0 cm³/mol. The lowest BCUT2D eigenvalue weighted by molar-refractivity contribution is -0.138. The van der Waals surface area contributed by atoms with Crippen LogP contribution >= 0.6 is 0 Å². The van der Waals surface area contributed by atoms with E-state index in [4.69, 9.17) is 14.8 Å². The number of aliphatic carboxylic acids is 1. The van der Waals surface area contributed by atoms with Gasteiger partial charge in [-0.1, -0.05) is 0 Å². The number of fused-ring (bicyclic) bond motifs is 1. The molecule has 0 aliphatic carbocycles. The normalized spacial score (nSPS) is 12.2. The number of furan rings is 1. The van der Waals surface area contributed by atoms with Crippen LogP contribution < -0.4 is 0 Å². The van der Waals surface area contributed by atoms with Gasteiger partial charge in [-0.2, -0.15) is 5.26 Å². The summed E-state index contributed by atoms with van der Waals surface area (Å²) < 4.78 is 5.19. The van der Waals surface area contributed by atoms with Crippen molar-refractivity contribution in [3.8, 4) is 6.07 Å². The fourth-order valence-corrected chi connectivity index (χ4v) is 1.61. The molecule has 0 amide bonds. The summed E-state index contributed by atoms with van der Waals surface area (Å²) in [6.45, 7) is 1.55. The highest BCUT2D eigenvalue weighted by Gasteiger charge is 2.18. The molecule has 16 heavy (non-hydrogen) atoms. The van der Waals surface area contributed by atoms with Crippen LogP contribution in [0.3, 0.4) is 0 Å². The second kappa shape index (κ2) is 3.70. The van der Waals surface area contributed by atoms with Crippen LogP contribution in [0.4, 0.5) is 0 Å². The van der Waals surface area contributed by atoms with E-state index in [0.29, 0.717) is 16.7 Å². The molecule has 2 rings (SSSR count). The molecule has 0 spiro atoms. The van der Waals surface area contributed by atoms with E-state index in [0.717, 1.165) is 5.39 Å². The van der Waals surface area contributed by atoms with E-state index in [9.17, 15) is 4.79 Å². The van der Waals surface area contributed by atoms with Crippen molar-refractivity contribution in [1.29, 1.82) is 5.26 Å². The molecule has 0 fully saturated rings. The second-order valence-corrected chi connectivity index (χ2v) is 3.57. The van der Waals surface area contributed by atoms with E-state index in [1.165, 1.54) is 6.26 Å². The maximum Gasteiger partial charge on any atom is 0.310 e. The Morgan fingerprint density at radius 2 is 2.31 bits per heavy atom. The molecule has 4 heteroatoms. The maximum absolute atomic E-state index is 10.9. The van der Waals surface area contributed by atoms with Crippen LogP contribution in [-0.4, -0.2) is 11.1 Å². The number of carboxylic acids is 1. The number of nitriles is 1. The quantitative estimate of drug-likeness (QED) is 0.835. The summed E-state index contributed by atoms with van der Waals surface area (Å²) in [4.78, 5) is 10.9. The van der Waals surface area contributed by atoms with Crippen molar-refractivity contribution in [2.45, 2.75) is 12.8 Å². The van der Waals surface area contributed by atoms with Crippen molar-refractivity contribution >= 4 is 16.9 Å². The SMILES string of the molecule is CC(C(=O)O)c1cc2occc2cc1C#N. The zero-order chi connectivity index (χ0) is 11.7. The Balaban J connectivity index is 2.67. The van der Waals surface area contributed by atoms with Gasteiger partial charge in [0.25, 0.3) is 0 Å². The molecule has 1 aromatic heterocycles. The molecule has 0 saturated carbocycles. The number of carbonyl (C=O) groups is 1. The summed E-state index contributed by atoms with van der Waals surface area (Å²) in [5, 5.41) is 18.7. The first-order chi connectivity index (χ1) is 7.63. The minimum absolute atomic E-state index is 0.379. The smallest absolute Gasteiger partial charge is 0.310 e. The van der Waals surface area contributed by atoms with Gasteiger partial charge in [-0.3, -0.25) is 4.79 Å². The van der Waals surface area contributed by atoms with Crippen LogP contribution in [0.1, 0.15) is 24.0 Å².